The molecular formula is C7H7O4-. The number of ketones is 1. The third-order valence-electron chi connectivity index (χ3n) is 0.894. The summed E-state index contributed by atoms with van der Waals surface area (Å²) in [6.07, 6.45) is 2.53. The third kappa shape index (κ3) is 3.91. The highest BCUT2D eigenvalue weighted by atomic mass is 16.4. The average Bonchev–Trinajstić information content (AvgIpc) is 1.99. The minimum absolute atomic E-state index is 0.305. The highest BCUT2D eigenvalue weighted by Gasteiger charge is 2.04. The van der Waals surface area contributed by atoms with Gasteiger partial charge in [-0.3, -0.25) is 4.79 Å². The van der Waals surface area contributed by atoms with E-state index in [1.165, 1.54) is 6.92 Å². The van der Waals surface area contributed by atoms with Crippen LogP contribution in [0.1, 0.15) is 6.92 Å². The van der Waals surface area contributed by atoms with Crippen LogP contribution in [0.2, 0.25) is 0 Å². The maximum Gasteiger partial charge on any atom is 0.376 e. The van der Waals surface area contributed by atoms with Gasteiger partial charge in [0, 0.05) is 0 Å². The molecule has 0 aromatic carbocycles. The number of aliphatic carboxylic acids is 1. The molecule has 0 heterocycles. The molecule has 0 radical (unpaired) electrons. The van der Waals surface area contributed by atoms with E-state index < -0.39 is 11.8 Å². The summed E-state index contributed by atoms with van der Waals surface area (Å²) in [7, 11) is 0. The van der Waals surface area contributed by atoms with Crippen LogP contribution in [-0.4, -0.2) is 16.9 Å². The largest absolute Gasteiger partial charge is 0.878 e. The number of rotatable bonds is 3. The van der Waals surface area contributed by atoms with E-state index in [1.807, 2.05) is 0 Å². The maximum atomic E-state index is 10.3. The van der Waals surface area contributed by atoms with Crippen LogP contribution < -0.4 is 5.11 Å². The van der Waals surface area contributed by atoms with Gasteiger partial charge < -0.3 is 10.2 Å². The lowest BCUT2D eigenvalue weighted by Crippen LogP contribution is -2.08. The van der Waals surface area contributed by atoms with Crippen molar-refractivity contribution in [3.63, 3.8) is 0 Å². The Bertz CT molecular complexity index is 225. The van der Waals surface area contributed by atoms with E-state index in [0.717, 1.165) is 12.2 Å². The minimum Gasteiger partial charge on any atom is -0.878 e. The number of carboxylic acids is 1. The topological polar surface area (TPSA) is 77.4 Å². The number of hydrogen-bond donors (Lipinski definition) is 1. The molecule has 0 aromatic rings. The summed E-state index contributed by atoms with van der Waals surface area (Å²) in [6, 6.07) is 0. The zero-order chi connectivity index (χ0) is 8.85. The molecule has 0 atom stereocenters. The molecule has 4 nitrogen and oxygen atoms in total. The van der Waals surface area contributed by atoms with Gasteiger partial charge in [0.1, 0.15) is 0 Å². The molecule has 0 aliphatic carbocycles. The molecule has 0 saturated heterocycles. The van der Waals surface area contributed by atoms with Crippen molar-refractivity contribution in [1.82, 2.24) is 0 Å². The van der Waals surface area contributed by atoms with E-state index >= 15 is 0 Å². The van der Waals surface area contributed by atoms with Gasteiger partial charge in [0.25, 0.3) is 5.78 Å². The molecule has 11 heavy (non-hydrogen) atoms. The van der Waals surface area contributed by atoms with Crippen molar-refractivity contribution in [2.45, 2.75) is 6.92 Å². The Morgan fingerprint density at radius 1 is 1.36 bits per heavy atom. The summed E-state index contributed by atoms with van der Waals surface area (Å²) < 4.78 is 0. The van der Waals surface area contributed by atoms with Gasteiger partial charge in [-0.1, -0.05) is 11.6 Å². The van der Waals surface area contributed by atoms with Crippen LogP contribution in [0.4, 0.5) is 0 Å². The fourth-order valence-corrected chi connectivity index (χ4v) is 0.318. The van der Waals surface area contributed by atoms with Crippen LogP contribution in [0.15, 0.2) is 24.0 Å². The van der Waals surface area contributed by atoms with Crippen LogP contribution in [0, 0.1) is 0 Å². The Balaban J connectivity index is 4.15. The molecule has 0 fully saturated rings. The molecule has 0 bridgehead atoms. The second-order valence-corrected chi connectivity index (χ2v) is 1.86. The van der Waals surface area contributed by atoms with Crippen molar-refractivity contribution in [3.8, 4) is 0 Å². The van der Waals surface area contributed by atoms with E-state index in [-0.39, 0.29) is 0 Å². The Labute approximate surface area is 63.5 Å². The van der Waals surface area contributed by atoms with Crippen LogP contribution >= 0.6 is 0 Å². The third-order valence-corrected chi connectivity index (χ3v) is 0.894. The molecule has 60 valence electrons. The second-order valence-electron chi connectivity index (χ2n) is 1.86. The van der Waals surface area contributed by atoms with Gasteiger partial charge in [-0.05, 0) is 13.0 Å². The SMILES string of the molecule is CC(C=CC(=O)C(=O)O)=C[O-]. The number of carbonyl (C=O) groups is 2. The lowest BCUT2D eigenvalue weighted by atomic mass is 10.2. The number of allylic oxidation sites excluding steroid dienone is 2. The second kappa shape index (κ2) is 4.27. The van der Waals surface area contributed by atoms with E-state index in [4.69, 9.17) is 5.11 Å². The molecule has 0 amide bonds. The van der Waals surface area contributed by atoms with E-state index in [2.05, 4.69) is 0 Å². The van der Waals surface area contributed by atoms with Gasteiger partial charge in [0.2, 0.25) is 0 Å². The lowest BCUT2D eigenvalue weighted by Gasteiger charge is -1.92. The molecule has 0 aliphatic rings. The predicted octanol–water partition coefficient (Wildman–Crippen LogP) is -0.540. The first-order chi connectivity index (χ1) is 5.07. The molecular weight excluding hydrogens is 148 g/mol. The number of hydrogen-bond acceptors (Lipinski definition) is 3. The summed E-state index contributed by atoms with van der Waals surface area (Å²) in [5.41, 5.74) is 0.305. The van der Waals surface area contributed by atoms with Gasteiger partial charge in [0.15, 0.2) is 0 Å². The lowest BCUT2D eigenvalue weighted by molar-refractivity contribution is -0.275. The minimum atomic E-state index is -1.53. The number of carboxylic acid groups (broad SMARTS) is 1. The van der Waals surface area contributed by atoms with Gasteiger partial charge >= 0.3 is 5.97 Å². The average molecular weight is 155 g/mol. The Hall–Kier alpha value is -1.58. The molecule has 0 spiro atoms. The summed E-state index contributed by atoms with van der Waals surface area (Å²) >= 11 is 0. The van der Waals surface area contributed by atoms with Gasteiger partial charge in [-0.2, -0.15) is 0 Å². The van der Waals surface area contributed by atoms with E-state index in [1.54, 1.807) is 0 Å². The Morgan fingerprint density at radius 3 is 2.27 bits per heavy atom. The van der Waals surface area contributed by atoms with Gasteiger partial charge in [-0.25, -0.2) is 4.79 Å². The summed E-state index contributed by atoms with van der Waals surface area (Å²) in [5, 5.41) is 18.0. The normalized spacial score (nSPS) is 11.9. The fraction of sp³-hybridized carbons (Fsp3) is 0.143. The van der Waals surface area contributed by atoms with Crippen molar-refractivity contribution in [1.29, 1.82) is 0 Å². The number of carbonyl (C=O) groups excluding carboxylic acids is 1. The quantitative estimate of drug-likeness (QED) is 0.257. The molecule has 0 aromatic heterocycles. The maximum absolute atomic E-state index is 10.3. The highest BCUT2D eigenvalue weighted by molar-refractivity contribution is 6.37. The summed E-state index contributed by atoms with van der Waals surface area (Å²) in [5.74, 6) is -2.56. The first kappa shape index (κ1) is 9.42. The summed E-state index contributed by atoms with van der Waals surface area (Å²) in [4.78, 5) is 20.2. The van der Waals surface area contributed by atoms with Gasteiger partial charge in [-0.15, -0.1) is 6.26 Å². The Morgan fingerprint density at radius 2 is 1.91 bits per heavy atom. The van der Waals surface area contributed by atoms with Crippen molar-refractivity contribution >= 4 is 11.8 Å². The van der Waals surface area contributed by atoms with E-state index in [0.29, 0.717) is 11.8 Å². The molecule has 4 heteroatoms. The van der Waals surface area contributed by atoms with Crippen molar-refractivity contribution in [2.75, 3.05) is 0 Å². The van der Waals surface area contributed by atoms with Crippen LogP contribution in [0.25, 0.3) is 0 Å². The molecule has 0 aliphatic heterocycles. The van der Waals surface area contributed by atoms with Crippen molar-refractivity contribution in [2.24, 2.45) is 0 Å². The first-order valence-corrected chi connectivity index (χ1v) is 2.82. The Kier molecular flexibility index (Phi) is 3.66. The van der Waals surface area contributed by atoms with Crippen molar-refractivity contribution in [3.05, 3.63) is 24.0 Å². The standard InChI is InChI=1S/C7H8O4/c1-5(4-8)2-3-6(9)7(10)11/h2-4,8H,1H3,(H,10,11)/p-1. The zero-order valence-electron chi connectivity index (χ0n) is 5.90. The van der Waals surface area contributed by atoms with Crippen molar-refractivity contribution < 1.29 is 19.8 Å². The molecule has 0 saturated carbocycles. The first-order valence-electron chi connectivity index (χ1n) is 2.82. The monoisotopic (exact) mass is 155 g/mol. The van der Waals surface area contributed by atoms with Crippen LogP contribution in [0.3, 0.4) is 0 Å². The van der Waals surface area contributed by atoms with Gasteiger partial charge in [0.05, 0.1) is 0 Å². The van der Waals surface area contributed by atoms with E-state index in [9.17, 15) is 14.7 Å². The van der Waals surface area contributed by atoms with Crippen LogP contribution in [-0.2, 0) is 9.59 Å². The van der Waals surface area contributed by atoms with Crippen LogP contribution in [0.5, 0.6) is 0 Å². The molecule has 0 rings (SSSR count). The zero-order valence-corrected chi connectivity index (χ0v) is 5.90. The smallest absolute Gasteiger partial charge is 0.376 e. The predicted molar refractivity (Wildman–Crippen MR) is 35.5 cm³/mol. The highest BCUT2D eigenvalue weighted by Crippen LogP contribution is 1.90. The fourth-order valence-electron chi connectivity index (χ4n) is 0.318. The molecule has 1 N–H and O–H groups in total. The molecule has 0 unspecified atom stereocenters. The summed E-state index contributed by atoms with van der Waals surface area (Å²) in [6.45, 7) is 1.47.